The summed E-state index contributed by atoms with van der Waals surface area (Å²) in [4.78, 5) is 20.7. The van der Waals surface area contributed by atoms with Crippen LogP contribution in [0, 0.1) is 11.6 Å². The Hall–Kier alpha value is -3.22. The van der Waals surface area contributed by atoms with E-state index in [-0.39, 0.29) is 5.69 Å². The molecule has 1 fully saturated rings. The minimum Gasteiger partial charge on any atom is -0.366 e. The summed E-state index contributed by atoms with van der Waals surface area (Å²) in [6.07, 6.45) is 1.77. The number of amides is 2. The Morgan fingerprint density at radius 3 is 2.56 bits per heavy atom. The number of hydrogen-bond donors (Lipinski definition) is 1. The first kappa shape index (κ1) is 17.2. The number of nitrogens with zero attached hydrogens (tertiary/aromatic N) is 3. The molecule has 1 saturated heterocycles. The van der Waals surface area contributed by atoms with Crippen LogP contribution in [0.3, 0.4) is 0 Å². The van der Waals surface area contributed by atoms with Crippen LogP contribution in [0.15, 0.2) is 54.7 Å². The molecule has 5 nitrogen and oxygen atoms in total. The van der Waals surface area contributed by atoms with Gasteiger partial charge in [-0.25, -0.2) is 13.6 Å². The standard InChI is InChI=1S/C20H18F2N4O/c21-15-6-7-17(16(22)13-15)24-20(27)26-11-9-25(10-12-26)18-5-1-3-14-4-2-8-23-19(14)18/h1-8,13H,9-12H2,(H,24,27). The first-order valence-corrected chi connectivity index (χ1v) is 8.71. The van der Waals surface area contributed by atoms with E-state index < -0.39 is 17.7 Å². The van der Waals surface area contributed by atoms with Crippen molar-refractivity contribution >= 4 is 28.3 Å². The van der Waals surface area contributed by atoms with E-state index in [0.29, 0.717) is 26.2 Å². The van der Waals surface area contributed by atoms with Crippen molar-refractivity contribution in [2.45, 2.75) is 0 Å². The molecular weight excluding hydrogens is 350 g/mol. The van der Waals surface area contributed by atoms with Gasteiger partial charge in [-0.15, -0.1) is 0 Å². The molecule has 138 valence electrons. The minimum absolute atomic E-state index is 0.0258. The first-order valence-electron chi connectivity index (χ1n) is 8.71. The molecule has 0 saturated carbocycles. The summed E-state index contributed by atoms with van der Waals surface area (Å²) >= 11 is 0. The number of benzene rings is 2. The maximum Gasteiger partial charge on any atom is 0.322 e. The first-order chi connectivity index (χ1) is 13.1. The quantitative estimate of drug-likeness (QED) is 0.747. The van der Waals surface area contributed by atoms with Crippen molar-refractivity contribution < 1.29 is 13.6 Å². The molecule has 27 heavy (non-hydrogen) atoms. The molecule has 1 N–H and O–H groups in total. The number of nitrogens with one attached hydrogen (secondary N) is 1. The Morgan fingerprint density at radius 2 is 1.78 bits per heavy atom. The second kappa shape index (κ2) is 7.19. The van der Waals surface area contributed by atoms with Crippen molar-refractivity contribution in [3.63, 3.8) is 0 Å². The van der Waals surface area contributed by atoms with Crippen molar-refractivity contribution in [3.05, 3.63) is 66.4 Å². The molecule has 4 rings (SSSR count). The molecule has 3 aromatic rings. The predicted molar refractivity (Wildman–Crippen MR) is 101 cm³/mol. The number of hydrogen-bond acceptors (Lipinski definition) is 3. The lowest BCUT2D eigenvalue weighted by atomic mass is 10.1. The Kier molecular flexibility index (Phi) is 4.58. The number of rotatable bonds is 2. The third kappa shape index (κ3) is 3.53. The zero-order valence-electron chi connectivity index (χ0n) is 14.5. The van der Waals surface area contributed by atoms with Crippen molar-refractivity contribution in [1.82, 2.24) is 9.88 Å². The highest BCUT2D eigenvalue weighted by atomic mass is 19.1. The normalized spacial score (nSPS) is 14.4. The maximum absolute atomic E-state index is 13.7. The Balaban J connectivity index is 1.43. The SMILES string of the molecule is O=C(Nc1ccc(F)cc1F)N1CCN(c2cccc3cccnc23)CC1. The summed E-state index contributed by atoms with van der Waals surface area (Å²) in [5.41, 5.74) is 1.95. The van der Waals surface area contributed by atoms with E-state index in [4.69, 9.17) is 0 Å². The zero-order chi connectivity index (χ0) is 18.8. The van der Waals surface area contributed by atoms with Gasteiger partial charge in [0.15, 0.2) is 0 Å². The largest absolute Gasteiger partial charge is 0.366 e. The van der Waals surface area contributed by atoms with E-state index in [1.165, 1.54) is 6.07 Å². The molecule has 2 amide bonds. The zero-order valence-corrected chi connectivity index (χ0v) is 14.5. The molecule has 1 aliphatic heterocycles. The molecule has 1 aromatic heterocycles. The highest BCUT2D eigenvalue weighted by Gasteiger charge is 2.23. The lowest BCUT2D eigenvalue weighted by Gasteiger charge is -2.36. The van der Waals surface area contributed by atoms with Gasteiger partial charge in [-0.05, 0) is 24.3 Å². The Bertz CT molecular complexity index is 981. The smallest absolute Gasteiger partial charge is 0.322 e. The van der Waals surface area contributed by atoms with Gasteiger partial charge in [0, 0.05) is 43.8 Å². The van der Waals surface area contributed by atoms with Gasteiger partial charge in [0.2, 0.25) is 0 Å². The van der Waals surface area contributed by atoms with Gasteiger partial charge >= 0.3 is 6.03 Å². The highest BCUT2D eigenvalue weighted by Crippen LogP contribution is 2.26. The van der Waals surface area contributed by atoms with Gasteiger partial charge < -0.3 is 15.1 Å². The van der Waals surface area contributed by atoms with Crippen LogP contribution in [-0.2, 0) is 0 Å². The number of halogens is 2. The van der Waals surface area contributed by atoms with Crippen molar-refractivity contribution in [2.24, 2.45) is 0 Å². The lowest BCUT2D eigenvalue weighted by molar-refractivity contribution is 0.208. The van der Waals surface area contributed by atoms with Crippen LogP contribution in [0.5, 0.6) is 0 Å². The highest BCUT2D eigenvalue weighted by molar-refractivity contribution is 5.91. The Labute approximate surface area is 155 Å². The molecule has 0 atom stereocenters. The molecule has 2 aromatic carbocycles. The van der Waals surface area contributed by atoms with Crippen molar-refractivity contribution in [3.8, 4) is 0 Å². The van der Waals surface area contributed by atoms with Crippen molar-refractivity contribution in [1.29, 1.82) is 0 Å². The number of anilines is 2. The summed E-state index contributed by atoms with van der Waals surface area (Å²) in [5, 5.41) is 3.58. The van der Waals surface area contributed by atoms with E-state index in [1.807, 2.05) is 30.3 Å². The van der Waals surface area contributed by atoms with E-state index in [0.717, 1.165) is 28.7 Å². The number of carbonyl (C=O) groups excluding carboxylic acids is 1. The van der Waals surface area contributed by atoms with Gasteiger partial charge in [0.1, 0.15) is 11.6 Å². The number of carbonyl (C=O) groups is 1. The van der Waals surface area contributed by atoms with E-state index in [2.05, 4.69) is 15.2 Å². The molecule has 0 unspecified atom stereocenters. The second-order valence-corrected chi connectivity index (χ2v) is 6.38. The average Bonchev–Trinajstić information content (AvgIpc) is 2.70. The molecule has 2 heterocycles. The second-order valence-electron chi connectivity index (χ2n) is 6.38. The van der Waals surface area contributed by atoms with Crippen molar-refractivity contribution in [2.75, 3.05) is 36.4 Å². The topological polar surface area (TPSA) is 48.5 Å². The van der Waals surface area contributed by atoms with Gasteiger partial charge in [-0.2, -0.15) is 0 Å². The van der Waals surface area contributed by atoms with Gasteiger partial charge in [0.25, 0.3) is 0 Å². The van der Waals surface area contributed by atoms with Gasteiger partial charge in [0.05, 0.1) is 16.9 Å². The number of para-hydroxylation sites is 1. The van der Waals surface area contributed by atoms with Crippen LogP contribution in [0.2, 0.25) is 0 Å². The van der Waals surface area contributed by atoms with E-state index in [1.54, 1.807) is 11.1 Å². The fourth-order valence-electron chi connectivity index (χ4n) is 3.28. The monoisotopic (exact) mass is 368 g/mol. The maximum atomic E-state index is 13.7. The van der Waals surface area contributed by atoms with Gasteiger partial charge in [-0.3, -0.25) is 4.98 Å². The van der Waals surface area contributed by atoms with Crippen LogP contribution < -0.4 is 10.2 Å². The van der Waals surface area contributed by atoms with E-state index in [9.17, 15) is 13.6 Å². The van der Waals surface area contributed by atoms with Crippen LogP contribution >= 0.6 is 0 Å². The average molecular weight is 368 g/mol. The molecule has 0 radical (unpaired) electrons. The molecule has 1 aliphatic rings. The molecule has 0 bridgehead atoms. The van der Waals surface area contributed by atoms with E-state index >= 15 is 0 Å². The molecule has 7 heteroatoms. The summed E-state index contributed by atoms with van der Waals surface area (Å²) in [5.74, 6) is -1.47. The molecular formula is C20H18F2N4O. The lowest BCUT2D eigenvalue weighted by Crippen LogP contribution is -2.50. The number of piperazine rings is 1. The number of pyridine rings is 1. The van der Waals surface area contributed by atoms with Crippen LogP contribution in [0.4, 0.5) is 25.0 Å². The fourth-order valence-corrected chi connectivity index (χ4v) is 3.28. The van der Waals surface area contributed by atoms with Crippen LogP contribution in [0.25, 0.3) is 10.9 Å². The third-order valence-electron chi connectivity index (χ3n) is 4.69. The number of aromatic nitrogens is 1. The number of urea groups is 1. The summed E-state index contributed by atoms with van der Waals surface area (Å²) < 4.78 is 26.7. The third-order valence-corrected chi connectivity index (χ3v) is 4.69. The minimum atomic E-state index is -0.788. The fraction of sp³-hybridized carbons (Fsp3) is 0.200. The van der Waals surface area contributed by atoms with Crippen LogP contribution in [0.1, 0.15) is 0 Å². The molecule has 0 spiro atoms. The predicted octanol–water partition coefficient (Wildman–Crippen LogP) is 3.87. The van der Waals surface area contributed by atoms with Gasteiger partial charge in [-0.1, -0.05) is 18.2 Å². The molecule has 0 aliphatic carbocycles. The number of fused-ring (bicyclic) bond motifs is 1. The summed E-state index contributed by atoms with van der Waals surface area (Å²) in [7, 11) is 0. The van der Waals surface area contributed by atoms with Crippen LogP contribution in [-0.4, -0.2) is 42.1 Å². The Morgan fingerprint density at radius 1 is 1.00 bits per heavy atom. The summed E-state index contributed by atoms with van der Waals surface area (Å²) in [6.45, 7) is 2.29. The summed E-state index contributed by atoms with van der Waals surface area (Å²) in [6, 6.07) is 12.7.